The molecule has 3 aromatic rings. The van der Waals surface area contributed by atoms with Crippen molar-refractivity contribution in [1.29, 1.82) is 0 Å². The molecular formula is C19H20FIN4. The molecule has 4 nitrogen and oxygen atoms in total. The van der Waals surface area contributed by atoms with E-state index in [9.17, 15) is 4.39 Å². The van der Waals surface area contributed by atoms with Gasteiger partial charge in [-0.2, -0.15) is 0 Å². The Morgan fingerprint density at radius 3 is 2.68 bits per heavy atom. The van der Waals surface area contributed by atoms with Gasteiger partial charge < -0.3 is 15.2 Å². The first kappa shape index (κ1) is 16.8. The number of imidazole rings is 1. The minimum Gasteiger partial charge on any atom is -0.353 e. The zero-order valence-electron chi connectivity index (χ0n) is 13.8. The van der Waals surface area contributed by atoms with Crippen molar-refractivity contribution in [2.45, 2.75) is 25.4 Å². The molecule has 1 aliphatic rings. The molecule has 1 saturated heterocycles. The number of aromatic nitrogens is 2. The summed E-state index contributed by atoms with van der Waals surface area (Å²) in [6, 6.07) is 13.4. The molecule has 0 unspecified atom stereocenters. The summed E-state index contributed by atoms with van der Waals surface area (Å²) in [7, 11) is 0. The quantitative estimate of drug-likeness (QED) is 0.591. The lowest BCUT2D eigenvalue weighted by molar-refractivity contribution is 0.476. The highest BCUT2D eigenvalue weighted by molar-refractivity contribution is 14.1. The zero-order chi connectivity index (χ0) is 17.2. The topological polar surface area (TPSA) is 41.9 Å². The van der Waals surface area contributed by atoms with E-state index in [1.54, 1.807) is 0 Å². The molecule has 2 N–H and O–H groups in total. The van der Waals surface area contributed by atoms with Crippen molar-refractivity contribution in [3.05, 3.63) is 57.4 Å². The van der Waals surface area contributed by atoms with Gasteiger partial charge in [-0.05, 0) is 78.4 Å². The van der Waals surface area contributed by atoms with Crippen molar-refractivity contribution in [3.63, 3.8) is 0 Å². The molecule has 2 aromatic carbocycles. The summed E-state index contributed by atoms with van der Waals surface area (Å²) in [6.07, 6.45) is 2.19. The Morgan fingerprint density at radius 1 is 1.16 bits per heavy atom. The fraction of sp³-hybridized carbons (Fsp3) is 0.316. The van der Waals surface area contributed by atoms with Gasteiger partial charge in [0.1, 0.15) is 11.3 Å². The first-order valence-electron chi connectivity index (χ1n) is 8.57. The molecule has 0 bridgehead atoms. The number of anilines is 1. The lowest BCUT2D eigenvalue weighted by atomic mass is 10.1. The summed E-state index contributed by atoms with van der Waals surface area (Å²) in [6.45, 7) is 2.74. The van der Waals surface area contributed by atoms with Crippen LogP contribution in [0.3, 0.4) is 0 Å². The number of benzene rings is 2. The minimum atomic E-state index is -0.207. The highest BCUT2D eigenvalue weighted by Crippen LogP contribution is 2.26. The van der Waals surface area contributed by atoms with Gasteiger partial charge in [0, 0.05) is 9.61 Å². The van der Waals surface area contributed by atoms with Gasteiger partial charge in [0.2, 0.25) is 5.95 Å². The van der Waals surface area contributed by atoms with Crippen LogP contribution in [-0.2, 0) is 6.54 Å². The molecule has 130 valence electrons. The summed E-state index contributed by atoms with van der Waals surface area (Å²) >= 11 is 2.33. The van der Waals surface area contributed by atoms with Crippen LogP contribution in [0.4, 0.5) is 10.3 Å². The Morgan fingerprint density at radius 2 is 1.92 bits per heavy atom. The fourth-order valence-electron chi connectivity index (χ4n) is 3.30. The Kier molecular flexibility index (Phi) is 4.89. The van der Waals surface area contributed by atoms with Crippen molar-refractivity contribution < 1.29 is 4.39 Å². The van der Waals surface area contributed by atoms with Gasteiger partial charge in [-0.15, -0.1) is 0 Å². The predicted molar refractivity (Wildman–Crippen MR) is 107 cm³/mol. The summed E-state index contributed by atoms with van der Waals surface area (Å²) in [5.41, 5.74) is 3.18. The number of nitrogens with one attached hydrogen (secondary N) is 2. The molecule has 1 aromatic heterocycles. The van der Waals surface area contributed by atoms with Crippen LogP contribution in [0.25, 0.3) is 11.0 Å². The molecule has 2 heterocycles. The predicted octanol–water partition coefficient (Wildman–Crippen LogP) is 3.99. The molecule has 0 atom stereocenters. The maximum atomic E-state index is 13.2. The van der Waals surface area contributed by atoms with E-state index in [4.69, 9.17) is 4.98 Å². The number of hydrogen-bond donors (Lipinski definition) is 2. The van der Waals surface area contributed by atoms with Crippen LogP contribution in [-0.4, -0.2) is 28.7 Å². The Labute approximate surface area is 160 Å². The molecule has 0 amide bonds. The normalized spacial score (nSPS) is 15.6. The largest absolute Gasteiger partial charge is 0.353 e. The van der Waals surface area contributed by atoms with E-state index in [-0.39, 0.29) is 5.82 Å². The van der Waals surface area contributed by atoms with Crippen molar-refractivity contribution >= 4 is 39.6 Å². The first-order valence-corrected chi connectivity index (χ1v) is 9.65. The molecule has 0 saturated carbocycles. The van der Waals surface area contributed by atoms with Gasteiger partial charge in [-0.3, -0.25) is 0 Å². The molecule has 25 heavy (non-hydrogen) atoms. The van der Waals surface area contributed by atoms with E-state index >= 15 is 0 Å². The van der Waals surface area contributed by atoms with Crippen LogP contribution in [0.1, 0.15) is 18.4 Å². The van der Waals surface area contributed by atoms with Gasteiger partial charge in [0.05, 0.1) is 12.1 Å². The van der Waals surface area contributed by atoms with Gasteiger partial charge in [0.25, 0.3) is 0 Å². The van der Waals surface area contributed by atoms with E-state index in [0.717, 1.165) is 52.0 Å². The second-order valence-electron chi connectivity index (χ2n) is 6.42. The lowest BCUT2D eigenvalue weighted by Crippen LogP contribution is -2.36. The molecule has 1 aliphatic heterocycles. The fourth-order valence-corrected chi connectivity index (χ4v) is 3.91. The molecule has 1 fully saturated rings. The third kappa shape index (κ3) is 3.64. The lowest BCUT2D eigenvalue weighted by Gasteiger charge is -2.24. The smallest absolute Gasteiger partial charge is 0.204 e. The number of hydrogen-bond acceptors (Lipinski definition) is 3. The van der Waals surface area contributed by atoms with E-state index in [0.29, 0.717) is 12.6 Å². The second kappa shape index (κ2) is 7.29. The highest BCUT2D eigenvalue weighted by atomic mass is 127. The number of halogens is 2. The highest BCUT2D eigenvalue weighted by Gasteiger charge is 2.18. The Hall–Kier alpha value is -1.67. The average molecular weight is 450 g/mol. The number of rotatable bonds is 4. The molecular weight excluding hydrogens is 430 g/mol. The molecule has 0 radical (unpaired) electrons. The van der Waals surface area contributed by atoms with Crippen LogP contribution >= 0.6 is 22.6 Å². The van der Waals surface area contributed by atoms with Crippen molar-refractivity contribution in [3.8, 4) is 0 Å². The molecule has 0 spiro atoms. The third-order valence-corrected chi connectivity index (χ3v) is 5.53. The Bertz CT molecular complexity index is 869. The number of fused-ring (bicyclic) bond motifs is 1. The second-order valence-corrected chi connectivity index (χ2v) is 7.59. The van der Waals surface area contributed by atoms with Gasteiger partial charge in [-0.1, -0.05) is 18.2 Å². The Balaban J connectivity index is 1.72. The van der Waals surface area contributed by atoms with Crippen LogP contribution in [0, 0.1) is 9.39 Å². The number of piperidine rings is 1. The third-order valence-electron chi connectivity index (χ3n) is 4.66. The zero-order valence-corrected chi connectivity index (χ0v) is 16.0. The number of nitrogens with zero attached hydrogens (tertiary/aromatic N) is 2. The monoisotopic (exact) mass is 450 g/mol. The van der Waals surface area contributed by atoms with Gasteiger partial charge >= 0.3 is 0 Å². The summed E-state index contributed by atoms with van der Waals surface area (Å²) < 4.78 is 16.6. The van der Waals surface area contributed by atoms with E-state index < -0.39 is 0 Å². The van der Waals surface area contributed by atoms with Crippen LogP contribution in [0.2, 0.25) is 0 Å². The minimum absolute atomic E-state index is 0.207. The van der Waals surface area contributed by atoms with Crippen molar-refractivity contribution in [1.82, 2.24) is 14.9 Å². The van der Waals surface area contributed by atoms with Gasteiger partial charge in [0.15, 0.2) is 0 Å². The van der Waals surface area contributed by atoms with Gasteiger partial charge in [-0.25, -0.2) is 9.37 Å². The SMILES string of the molecule is Fc1ccc(Cn2c(NC3CCNCC3)nc3c(I)cccc32)cc1. The molecule has 4 rings (SSSR count). The summed E-state index contributed by atoms with van der Waals surface area (Å²) in [4.78, 5) is 4.87. The summed E-state index contributed by atoms with van der Waals surface area (Å²) in [5.74, 6) is 0.692. The summed E-state index contributed by atoms with van der Waals surface area (Å²) in [5, 5.41) is 7.02. The number of para-hydroxylation sites is 1. The van der Waals surface area contributed by atoms with Crippen molar-refractivity contribution in [2.75, 3.05) is 18.4 Å². The van der Waals surface area contributed by atoms with Crippen molar-refractivity contribution in [2.24, 2.45) is 0 Å². The average Bonchev–Trinajstić information content (AvgIpc) is 2.97. The molecule has 0 aliphatic carbocycles. The van der Waals surface area contributed by atoms with E-state index in [1.165, 1.54) is 12.1 Å². The van der Waals surface area contributed by atoms with Crippen LogP contribution < -0.4 is 10.6 Å². The maximum Gasteiger partial charge on any atom is 0.204 e. The van der Waals surface area contributed by atoms with E-state index in [1.807, 2.05) is 12.1 Å². The standard InChI is InChI=1S/C19H20FIN4/c20-14-6-4-13(5-7-14)12-25-17-3-1-2-16(21)18(17)24-19(25)23-15-8-10-22-11-9-15/h1-7,15,22H,8-12H2,(H,23,24). The first-order chi connectivity index (χ1) is 12.2. The maximum absolute atomic E-state index is 13.2. The van der Waals surface area contributed by atoms with E-state index in [2.05, 4.69) is 56.0 Å². The molecule has 6 heteroatoms. The van der Waals surface area contributed by atoms with Crippen LogP contribution in [0.15, 0.2) is 42.5 Å². The van der Waals surface area contributed by atoms with Crippen LogP contribution in [0.5, 0.6) is 0 Å².